The summed E-state index contributed by atoms with van der Waals surface area (Å²) in [5, 5.41) is 0. The van der Waals surface area contributed by atoms with Crippen LogP contribution in [0.25, 0.3) is 0 Å². The van der Waals surface area contributed by atoms with Crippen LogP contribution in [0.1, 0.15) is 19.4 Å². The van der Waals surface area contributed by atoms with Gasteiger partial charge in [0.25, 0.3) is 0 Å². The Hall–Kier alpha value is -0.420. The molecule has 4 heteroatoms. The van der Waals surface area contributed by atoms with Crippen molar-refractivity contribution >= 4 is 15.9 Å². The van der Waals surface area contributed by atoms with Gasteiger partial charge in [-0.05, 0) is 45.0 Å². The van der Waals surface area contributed by atoms with Crippen molar-refractivity contribution in [3.8, 4) is 0 Å². The van der Waals surface area contributed by atoms with E-state index in [1.54, 1.807) is 0 Å². The number of piperazine rings is 1. The Morgan fingerprint density at radius 1 is 1.30 bits per heavy atom. The van der Waals surface area contributed by atoms with Gasteiger partial charge in [0.1, 0.15) is 0 Å². The van der Waals surface area contributed by atoms with Crippen LogP contribution in [0.5, 0.6) is 0 Å². The average molecular weight is 340 g/mol. The van der Waals surface area contributed by atoms with E-state index in [1.165, 1.54) is 5.56 Å². The monoisotopic (exact) mass is 339 g/mol. The maximum Gasteiger partial charge on any atom is 0.0345 e. The summed E-state index contributed by atoms with van der Waals surface area (Å²) in [6, 6.07) is 9.20. The Balaban J connectivity index is 2.10. The molecule has 0 radical (unpaired) electrons. The van der Waals surface area contributed by atoms with E-state index in [9.17, 15) is 0 Å². The second-order valence-corrected chi connectivity index (χ2v) is 7.20. The predicted molar refractivity (Wildman–Crippen MR) is 89.0 cm³/mol. The topological polar surface area (TPSA) is 32.5 Å². The quantitative estimate of drug-likeness (QED) is 0.913. The first-order valence-electron chi connectivity index (χ1n) is 7.34. The van der Waals surface area contributed by atoms with Gasteiger partial charge < -0.3 is 10.6 Å². The first kappa shape index (κ1) is 16.0. The van der Waals surface area contributed by atoms with Crippen LogP contribution in [0.3, 0.4) is 0 Å². The van der Waals surface area contributed by atoms with Gasteiger partial charge in [-0.2, -0.15) is 0 Å². The fourth-order valence-corrected chi connectivity index (χ4v) is 3.16. The van der Waals surface area contributed by atoms with Crippen LogP contribution >= 0.6 is 15.9 Å². The molecule has 0 aliphatic carbocycles. The number of nitrogens with zero attached hydrogens (tertiary/aromatic N) is 2. The fourth-order valence-electron chi connectivity index (χ4n) is 2.89. The number of rotatable bonds is 4. The molecule has 2 N–H and O–H groups in total. The first-order chi connectivity index (χ1) is 9.44. The van der Waals surface area contributed by atoms with Crippen molar-refractivity contribution in [3.63, 3.8) is 0 Å². The molecule has 2 rings (SSSR count). The molecule has 1 saturated heterocycles. The Labute approximate surface area is 131 Å². The Bertz CT molecular complexity index is 434. The molecule has 112 valence electrons. The van der Waals surface area contributed by atoms with Crippen molar-refractivity contribution < 1.29 is 0 Å². The second-order valence-electron chi connectivity index (χ2n) is 6.28. The smallest absolute Gasteiger partial charge is 0.0345 e. The minimum atomic E-state index is 0.0450. The normalized spacial score (nSPS) is 24.6. The summed E-state index contributed by atoms with van der Waals surface area (Å²) in [5.74, 6) is 0. The Kier molecular flexibility index (Phi) is 5.24. The largest absolute Gasteiger partial charge is 0.329 e. The number of likely N-dealkylation sites (N-methyl/N-ethyl adjacent to an activating group) is 1. The number of halogens is 1. The lowest BCUT2D eigenvalue weighted by molar-refractivity contribution is 0.0275. The minimum Gasteiger partial charge on any atom is -0.329 e. The summed E-state index contributed by atoms with van der Waals surface area (Å²) >= 11 is 3.49. The molecule has 0 bridgehead atoms. The van der Waals surface area contributed by atoms with Crippen LogP contribution in [0.2, 0.25) is 0 Å². The standard InChI is InChI=1S/C16H26BrN3/c1-13-11-20(9-8-19(13)3)16(2,12-18)10-14-4-6-15(17)7-5-14/h4-7,13H,8-12,18H2,1-3H3. The molecule has 1 aromatic rings. The number of nitrogens with two attached hydrogens (primary N) is 1. The maximum atomic E-state index is 6.13. The number of hydrogen-bond donors (Lipinski definition) is 1. The molecule has 20 heavy (non-hydrogen) atoms. The van der Waals surface area contributed by atoms with Crippen LogP contribution in [0.15, 0.2) is 28.7 Å². The molecule has 0 aromatic heterocycles. The van der Waals surface area contributed by atoms with E-state index < -0.39 is 0 Å². The Morgan fingerprint density at radius 3 is 2.50 bits per heavy atom. The van der Waals surface area contributed by atoms with E-state index in [1.807, 2.05) is 0 Å². The van der Waals surface area contributed by atoms with Crippen molar-refractivity contribution in [2.24, 2.45) is 5.73 Å². The molecule has 0 saturated carbocycles. The van der Waals surface area contributed by atoms with Gasteiger partial charge in [-0.3, -0.25) is 4.90 Å². The van der Waals surface area contributed by atoms with Crippen molar-refractivity contribution in [3.05, 3.63) is 34.3 Å². The molecule has 1 fully saturated rings. The van der Waals surface area contributed by atoms with Gasteiger partial charge in [0.2, 0.25) is 0 Å². The van der Waals surface area contributed by atoms with E-state index in [-0.39, 0.29) is 5.54 Å². The zero-order valence-corrected chi connectivity index (χ0v) is 14.4. The third-order valence-corrected chi connectivity index (χ3v) is 5.19. The van der Waals surface area contributed by atoms with Crippen LogP contribution in [0, 0.1) is 0 Å². The molecule has 1 aliphatic heterocycles. The van der Waals surface area contributed by atoms with E-state index >= 15 is 0 Å². The van der Waals surface area contributed by atoms with Crippen LogP contribution in [-0.2, 0) is 6.42 Å². The molecular formula is C16H26BrN3. The highest BCUT2D eigenvalue weighted by molar-refractivity contribution is 9.10. The van der Waals surface area contributed by atoms with Gasteiger partial charge in [0, 0.05) is 42.2 Å². The van der Waals surface area contributed by atoms with Crippen molar-refractivity contribution in [2.75, 3.05) is 33.2 Å². The van der Waals surface area contributed by atoms with Gasteiger partial charge >= 0.3 is 0 Å². The van der Waals surface area contributed by atoms with Crippen molar-refractivity contribution in [2.45, 2.75) is 31.8 Å². The van der Waals surface area contributed by atoms with E-state index in [2.05, 4.69) is 70.9 Å². The summed E-state index contributed by atoms with van der Waals surface area (Å²) in [4.78, 5) is 4.99. The van der Waals surface area contributed by atoms with Gasteiger partial charge in [-0.25, -0.2) is 0 Å². The van der Waals surface area contributed by atoms with E-state index in [4.69, 9.17) is 5.73 Å². The van der Waals surface area contributed by atoms with Gasteiger partial charge in [0.05, 0.1) is 0 Å². The van der Waals surface area contributed by atoms with Crippen LogP contribution in [-0.4, -0.2) is 54.6 Å². The highest BCUT2D eigenvalue weighted by Gasteiger charge is 2.34. The van der Waals surface area contributed by atoms with Crippen molar-refractivity contribution in [1.29, 1.82) is 0 Å². The lowest BCUT2D eigenvalue weighted by Crippen LogP contribution is -2.61. The molecule has 0 amide bonds. The van der Waals surface area contributed by atoms with Gasteiger partial charge in [0.15, 0.2) is 0 Å². The highest BCUT2D eigenvalue weighted by Crippen LogP contribution is 2.24. The van der Waals surface area contributed by atoms with Crippen LogP contribution < -0.4 is 5.73 Å². The van der Waals surface area contributed by atoms with E-state index in [0.29, 0.717) is 12.6 Å². The lowest BCUT2D eigenvalue weighted by Gasteiger charge is -2.47. The molecule has 2 unspecified atom stereocenters. The second kappa shape index (κ2) is 6.56. The first-order valence-corrected chi connectivity index (χ1v) is 8.14. The third-order valence-electron chi connectivity index (χ3n) is 4.66. The summed E-state index contributed by atoms with van der Waals surface area (Å²) < 4.78 is 1.13. The summed E-state index contributed by atoms with van der Waals surface area (Å²) in [6.45, 7) is 8.61. The molecular weight excluding hydrogens is 314 g/mol. The summed E-state index contributed by atoms with van der Waals surface area (Å²) in [6.07, 6.45) is 1.01. The molecule has 1 aromatic carbocycles. The average Bonchev–Trinajstić information content (AvgIpc) is 2.44. The highest BCUT2D eigenvalue weighted by atomic mass is 79.9. The molecule has 2 atom stereocenters. The molecule has 0 spiro atoms. The third kappa shape index (κ3) is 3.61. The lowest BCUT2D eigenvalue weighted by atomic mass is 9.89. The van der Waals surface area contributed by atoms with Gasteiger partial charge in [-0.1, -0.05) is 28.1 Å². The number of hydrogen-bond acceptors (Lipinski definition) is 3. The molecule has 1 heterocycles. The number of benzene rings is 1. The fraction of sp³-hybridized carbons (Fsp3) is 0.625. The maximum absolute atomic E-state index is 6.13. The molecule has 3 nitrogen and oxygen atoms in total. The Morgan fingerprint density at radius 2 is 1.95 bits per heavy atom. The minimum absolute atomic E-state index is 0.0450. The molecule has 1 aliphatic rings. The zero-order valence-electron chi connectivity index (χ0n) is 12.8. The van der Waals surface area contributed by atoms with E-state index in [0.717, 1.165) is 30.5 Å². The van der Waals surface area contributed by atoms with Crippen LogP contribution in [0.4, 0.5) is 0 Å². The predicted octanol–water partition coefficient (Wildman–Crippen LogP) is 2.34. The van der Waals surface area contributed by atoms with Crippen molar-refractivity contribution in [1.82, 2.24) is 9.80 Å². The summed E-state index contributed by atoms with van der Waals surface area (Å²) in [5.41, 5.74) is 7.53. The summed E-state index contributed by atoms with van der Waals surface area (Å²) in [7, 11) is 2.20. The zero-order chi connectivity index (χ0) is 14.8. The van der Waals surface area contributed by atoms with Gasteiger partial charge in [-0.15, -0.1) is 0 Å². The SMILES string of the molecule is CC1CN(C(C)(CN)Cc2ccc(Br)cc2)CCN1C.